The van der Waals surface area contributed by atoms with Crippen LogP contribution in [0, 0.1) is 0 Å². The molecule has 0 aliphatic rings. The predicted molar refractivity (Wildman–Crippen MR) is 61.9 cm³/mol. The Morgan fingerprint density at radius 3 is 2.93 bits per heavy atom. The molecular weight excluding hydrogens is 235 g/mol. The third kappa shape index (κ3) is 4.21. The van der Waals surface area contributed by atoms with Crippen molar-refractivity contribution in [3.8, 4) is 0 Å². The van der Waals surface area contributed by atoms with Gasteiger partial charge in [0.1, 0.15) is 10.3 Å². The highest BCUT2D eigenvalue weighted by molar-refractivity contribution is 6.33. The zero-order chi connectivity index (χ0) is 11.1. The van der Waals surface area contributed by atoms with Crippen molar-refractivity contribution in [2.45, 2.75) is 6.42 Å². The van der Waals surface area contributed by atoms with Crippen LogP contribution in [0.25, 0.3) is 16.5 Å². The van der Waals surface area contributed by atoms with Crippen LogP contribution in [0.3, 0.4) is 0 Å². The smallest absolute Gasteiger partial charge is 0.138 e. The fourth-order valence-electron chi connectivity index (χ4n) is 0.935. The highest BCUT2D eigenvalue weighted by Gasteiger charge is 1.97. The predicted octanol–water partition coefficient (Wildman–Crippen LogP) is 4.10. The SMILES string of the molecule is [N-]=[N+]=NCCC=Cc1ccc(Cl)nc1Cl. The molecule has 0 atom stereocenters. The van der Waals surface area contributed by atoms with Crippen molar-refractivity contribution < 1.29 is 0 Å². The summed E-state index contributed by atoms with van der Waals surface area (Å²) in [6, 6.07) is 3.45. The maximum atomic E-state index is 8.05. The molecule has 0 aromatic carbocycles. The van der Waals surface area contributed by atoms with E-state index < -0.39 is 0 Å². The summed E-state index contributed by atoms with van der Waals surface area (Å²) in [4.78, 5) is 6.53. The molecule has 6 heteroatoms. The first kappa shape index (κ1) is 11.9. The minimum atomic E-state index is 0.363. The zero-order valence-corrected chi connectivity index (χ0v) is 9.28. The first-order valence-corrected chi connectivity index (χ1v) is 4.99. The Morgan fingerprint density at radius 1 is 1.47 bits per heavy atom. The monoisotopic (exact) mass is 242 g/mol. The van der Waals surface area contributed by atoms with Crippen LogP contribution in [0.2, 0.25) is 10.3 Å². The topological polar surface area (TPSA) is 61.7 Å². The van der Waals surface area contributed by atoms with E-state index in [-0.39, 0.29) is 0 Å². The molecule has 0 aliphatic carbocycles. The summed E-state index contributed by atoms with van der Waals surface area (Å²) in [6.07, 6.45) is 4.35. The number of aromatic nitrogens is 1. The van der Waals surface area contributed by atoms with Crippen LogP contribution in [-0.2, 0) is 0 Å². The van der Waals surface area contributed by atoms with Gasteiger partial charge in [0, 0.05) is 17.0 Å². The lowest BCUT2D eigenvalue weighted by molar-refractivity contribution is 0.995. The summed E-state index contributed by atoms with van der Waals surface area (Å²) < 4.78 is 0. The first-order valence-electron chi connectivity index (χ1n) is 4.23. The Bertz CT molecular complexity index is 411. The van der Waals surface area contributed by atoms with E-state index in [1.807, 2.05) is 12.2 Å². The summed E-state index contributed by atoms with van der Waals surface area (Å²) >= 11 is 11.5. The van der Waals surface area contributed by atoms with Gasteiger partial charge in [0.05, 0.1) is 0 Å². The largest absolute Gasteiger partial charge is 0.224 e. The number of hydrogen-bond acceptors (Lipinski definition) is 2. The van der Waals surface area contributed by atoms with E-state index in [4.69, 9.17) is 28.7 Å². The van der Waals surface area contributed by atoms with Crippen LogP contribution in [0.1, 0.15) is 12.0 Å². The molecular formula is C9H8Cl2N4. The van der Waals surface area contributed by atoms with Gasteiger partial charge in [0.25, 0.3) is 0 Å². The van der Waals surface area contributed by atoms with Gasteiger partial charge in [0.15, 0.2) is 0 Å². The molecule has 78 valence electrons. The molecule has 0 aliphatic heterocycles. The number of halogens is 2. The van der Waals surface area contributed by atoms with E-state index in [0.29, 0.717) is 23.3 Å². The van der Waals surface area contributed by atoms with Crippen molar-refractivity contribution in [1.29, 1.82) is 0 Å². The molecule has 1 aromatic rings. The minimum absolute atomic E-state index is 0.363. The first-order chi connectivity index (χ1) is 7.24. The van der Waals surface area contributed by atoms with Crippen molar-refractivity contribution in [2.75, 3.05) is 6.54 Å². The number of azide groups is 1. The molecule has 0 spiro atoms. The van der Waals surface area contributed by atoms with E-state index in [9.17, 15) is 0 Å². The summed E-state index contributed by atoms with van der Waals surface area (Å²) in [6.45, 7) is 0.436. The van der Waals surface area contributed by atoms with E-state index in [2.05, 4.69) is 15.0 Å². The molecule has 0 saturated carbocycles. The second-order valence-corrected chi connectivity index (χ2v) is 3.40. The van der Waals surface area contributed by atoms with Gasteiger partial charge in [0.2, 0.25) is 0 Å². The molecule has 1 heterocycles. The second-order valence-electron chi connectivity index (χ2n) is 2.66. The maximum absolute atomic E-state index is 8.05. The quantitative estimate of drug-likeness (QED) is 0.258. The van der Waals surface area contributed by atoms with Gasteiger partial charge in [-0.25, -0.2) is 4.98 Å². The Hall–Kier alpha value is -1.22. The van der Waals surface area contributed by atoms with Crippen molar-refractivity contribution >= 4 is 29.3 Å². The Kier molecular flexibility index (Phi) is 4.98. The lowest BCUT2D eigenvalue weighted by Gasteiger charge is -1.96. The number of pyridine rings is 1. The van der Waals surface area contributed by atoms with Crippen LogP contribution in [-0.4, -0.2) is 11.5 Å². The van der Waals surface area contributed by atoms with Crippen molar-refractivity contribution in [1.82, 2.24) is 4.98 Å². The van der Waals surface area contributed by atoms with Crippen LogP contribution >= 0.6 is 23.2 Å². The number of hydrogen-bond donors (Lipinski definition) is 0. The maximum Gasteiger partial charge on any atom is 0.138 e. The molecule has 0 saturated heterocycles. The standard InChI is InChI=1S/C9H8Cl2N4/c10-8-5-4-7(9(11)14-8)3-1-2-6-13-15-12/h1,3-5H,2,6H2. The Balaban J connectivity index is 2.60. The van der Waals surface area contributed by atoms with E-state index in [1.165, 1.54) is 0 Å². The molecule has 0 unspecified atom stereocenters. The summed E-state index contributed by atoms with van der Waals surface area (Å²) in [5, 5.41) is 4.13. The molecule has 1 rings (SSSR count). The van der Waals surface area contributed by atoms with Crippen LogP contribution in [0.15, 0.2) is 23.3 Å². The molecule has 4 nitrogen and oxygen atoms in total. The average molecular weight is 243 g/mol. The molecule has 0 N–H and O–H groups in total. The third-order valence-electron chi connectivity index (χ3n) is 1.60. The van der Waals surface area contributed by atoms with E-state index in [1.54, 1.807) is 12.1 Å². The van der Waals surface area contributed by atoms with Crippen molar-refractivity contribution in [3.63, 3.8) is 0 Å². The van der Waals surface area contributed by atoms with Crippen LogP contribution < -0.4 is 0 Å². The van der Waals surface area contributed by atoms with E-state index >= 15 is 0 Å². The van der Waals surface area contributed by atoms with Crippen LogP contribution in [0.5, 0.6) is 0 Å². The molecule has 0 fully saturated rings. The van der Waals surface area contributed by atoms with Gasteiger partial charge in [-0.05, 0) is 24.1 Å². The number of rotatable bonds is 4. The van der Waals surface area contributed by atoms with Gasteiger partial charge in [-0.15, -0.1) is 0 Å². The van der Waals surface area contributed by atoms with Gasteiger partial charge >= 0.3 is 0 Å². The average Bonchev–Trinajstić information content (AvgIpc) is 2.20. The van der Waals surface area contributed by atoms with Crippen molar-refractivity contribution in [3.05, 3.63) is 44.5 Å². The number of nitrogens with zero attached hydrogens (tertiary/aromatic N) is 4. The molecule has 0 radical (unpaired) electrons. The van der Waals surface area contributed by atoms with Crippen molar-refractivity contribution in [2.24, 2.45) is 5.11 Å². The van der Waals surface area contributed by atoms with Gasteiger partial charge < -0.3 is 0 Å². The highest BCUT2D eigenvalue weighted by atomic mass is 35.5. The Morgan fingerprint density at radius 2 is 2.27 bits per heavy atom. The summed E-state index contributed by atoms with van der Waals surface area (Å²) in [7, 11) is 0. The molecule has 0 amide bonds. The fraction of sp³-hybridized carbons (Fsp3) is 0.222. The Labute approximate surface area is 97.2 Å². The minimum Gasteiger partial charge on any atom is -0.224 e. The normalized spacial score (nSPS) is 10.3. The molecule has 15 heavy (non-hydrogen) atoms. The second kappa shape index (κ2) is 6.30. The van der Waals surface area contributed by atoms with Crippen LogP contribution in [0.4, 0.5) is 0 Å². The lowest BCUT2D eigenvalue weighted by Crippen LogP contribution is -1.81. The lowest BCUT2D eigenvalue weighted by atomic mass is 10.2. The zero-order valence-electron chi connectivity index (χ0n) is 7.77. The molecule has 0 bridgehead atoms. The van der Waals surface area contributed by atoms with Gasteiger partial charge in [-0.2, -0.15) is 0 Å². The van der Waals surface area contributed by atoms with Gasteiger partial charge in [-0.3, -0.25) is 0 Å². The highest BCUT2D eigenvalue weighted by Crippen LogP contribution is 2.17. The summed E-state index contributed by atoms with van der Waals surface area (Å²) in [5.74, 6) is 0. The van der Waals surface area contributed by atoms with Gasteiger partial charge in [-0.1, -0.05) is 40.5 Å². The summed E-state index contributed by atoms with van der Waals surface area (Å²) in [5.41, 5.74) is 8.84. The fourth-order valence-corrected chi connectivity index (χ4v) is 1.34. The van der Waals surface area contributed by atoms with E-state index in [0.717, 1.165) is 5.56 Å². The third-order valence-corrected chi connectivity index (χ3v) is 2.11. The molecule has 1 aromatic heterocycles.